The van der Waals surface area contributed by atoms with Gasteiger partial charge in [-0.3, -0.25) is 4.98 Å². The molecule has 4 aromatic rings. The van der Waals surface area contributed by atoms with Gasteiger partial charge in [-0.2, -0.15) is 0 Å². The minimum Gasteiger partial charge on any atom is -0.341 e. The average Bonchev–Trinajstić information content (AvgIpc) is 2.78. The largest absolute Gasteiger partial charge is 0.341 e. The fourth-order valence-electron chi connectivity index (χ4n) is 2.97. The average molecular weight is 246 g/mol. The molecule has 92 valence electrons. The lowest BCUT2D eigenvalue weighted by molar-refractivity contribution is 0.827. The van der Waals surface area contributed by atoms with Crippen molar-refractivity contribution in [3.8, 4) is 0 Å². The van der Waals surface area contributed by atoms with Gasteiger partial charge in [-0.25, -0.2) is 0 Å². The highest BCUT2D eigenvalue weighted by molar-refractivity contribution is 6.12. The molecular weight excluding hydrogens is 232 g/mol. The third kappa shape index (κ3) is 1.40. The van der Waals surface area contributed by atoms with Crippen molar-refractivity contribution in [3.05, 3.63) is 54.9 Å². The number of rotatable bonds is 1. The zero-order chi connectivity index (χ0) is 12.8. The molecule has 0 atom stereocenters. The molecule has 2 aromatic heterocycles. The number of aromatic nitrogens is 2. The Labute approximate surface area is 111 Å². The van der Waals surface area contributed by atoms with Gasteiger partial charge in [0.2, 0.25) is 0 Å². The van der Waals surface area contributed by atoms with Gasteiger partial charge < -0.3 is 4.57 Å². The lowest BCUT2D eigenvalue weighted by Gasteiger charge is -2.03. The Bertz CT molecular complexity index is 903. The van der Waals surface area contributed by atoms with E-state index in [9.17, 15) is 0 Å². The van der Waals surface area contributed by atoms with Crippen LogP contribution in [-0.2, 0) is 6.54 Å². The smallest absolute Gasteiger partial charge is 0.0522 e. The number of pyridine rings is 1. The summed E-state index contributed by atoms with van der Waals surface area (Å²) in [7, 11) is 0. The van der Waals surface area contributed by atoms with Crippen molar-refractivity contribution in [3.63, 3.8) is 0 Å². The van der Waals surface area contributed by atoms with Crippen LogP contribution in [0.1, 0.15) is 6.92 Å². The summed E-state index contributed by atoms with van der Waals surface area (Å²) in [5.74, 6) is 0. The summed E-state index contributed by atoms with van der Waals surface area (Å²) < 4.78 is 2.36. The third-order valence-corrected chi connectivity index (χ3v) is 3.85. The normalized spacial score (nSPS) is 11.6. The van der Waals surface area contributed by atoms with E-state index in [-0.39, 0.29) is 0 Å². The molecule has 0 aliphatic heterocycles. The molecule has 0 radical (unpaired) electrons. The Hall–Kier alpha value is -2.35. The maximum atomic E-state index is 4.28. The molecule has 0 saturated heterocycles. The van der Waals surface area contributed by atoms with Gasteiger partial charge in [0, 0.05) is 35.2 Å². The molecule has 2 nitrogen and oxygen atoms in total. The van der Waals surface area contributed by atoms with Gasteiger partial charge >= 0.3 is 0 Å². The molecule has 0 N–H and O–H groups in total. The van der Waals surface area contributed by atoms with Crippen LogP contribution in [0.3, 0.4) is 0 Å². The summed E-state index contributed by atoms with van der Waals surface area (Å²) >= 11 is 0. The van der Waals surface area contributed by atoms with Gasteiger partial charge in [0.25, 0.3) is 0 Å². The van der Waals surface area contributed by atoms with Crippen molar-refractivity contribution in [1.82, 2.24) is 9.55 Å². The molecule has 0 amide bonds. The van der Waals surface area contributed by atoms with Crippen LogP contribution in [0.15, 0.2) is 54.9 Å². The van der Waals surface area contributed by atoms with E-state index >= 15 is 0 Å². The molecule has 2 heteroatoms. The van der Waals surface area contributed by atoms with Gasteiger partial charge in [-0.1, -0.05) is 24.3 Å². The van der Waals surface area contributed by atoms with E-state index in [0.717, 1.165) is 6.54 Å². The molecule has 19 heavy (non-hydrogen) atoms. The first-order valence-corrected chi connectivity index (χ1v) is 6.63. The van der Waals surface area contributed by atoms with Crippen molar-refractivity contribution in [1.29, 1.82) is 0 Å². The van der Waals surface area contributed by atoms with E-state index in [1.165, 1.54) is 32.6 Å². The molecular formula is C17H14N2. The molecule has 0 bridgehead atoms. The van der Waals surface area contributed by atoms with Crippen LogP contribution in [0.5, 0.6) is 0 Å². The Morgan fingerprint density at radius 2 is 1.74 bits per heavy atom. The number of aryl methyl sites for hydroxylation is 1. The summed E-state index contributed by atoms with van der Waals surface area (Å²) in [5, 5.41) is 5.11. The maximum Gasteiger partial charge on any atom is 0.0522 e. The van der Waals surface area contributed by atoms with Crippen LogP contribution in [0.25, 0.3) is 32.6 Å². The van der Waals surface area contributed by atoms with Gasteiger partial charge in [-0.05, 0) is 35.9 Å². The van der Waals surface area contributed by atoms with Gasteiger partial charge in [0.1, 0.15) is 0 Å². The van der Waals surface area contributed by atoms with Crippen LogP contribution < -0.4 is 0 Å². The highest BCUT2D eigenvalue weighted by Gasteiger charge is 2.10. The van der Waals surface area contributed by atoms with Gasteiger partial charge in [-0.15, -0.1) is 0 Å². The van der Waals surface area contributed by atoms with Crippen LogP contribution in [0.4, 0.5) is 0 Å². The monoisotopic (exact) mass is 246 g/mol. The predicted octanol–water partition coefficient (Wildman–Crippen LogP) is 4.36. The van der Waals surface area contributed by atoms with E-state index in [2.05, 4.69) is 58.9 Å². The lowest BCUT2D eigenvalue weighted by Crippen LogP contribution is -1.92. The van der Waals surface area contributed by atoms with Crippen LogP contribution in [0, 0.1) is 0 Å². The predicted molar refractivity (Wildman–Crippen MR) is 80.4 cm³/mol. The number of hydrogen-bond acceptors (Lipinski definition) is 1. The van der Waals surface area contributed by atoms with Crippen molar-refractivity contribution in [2.45, 2.75) is 13.5 Å². The number of benzene rings is 2. The maximum absolute atomic E-state index is 4.28. The number of hydrogen-bond donors (Lipinski definition) is 0. The standard InChI is InChI=1S/C17H14N2/c1-2-19-16-7-8-18-11-15(16)14-9-12-5-3-4-6-13(12)10-17(14)19/h3-11H,2H2,1H3. The minimum atomic E-state index is 0.975. The van der Waals surface area contributed by atoms with Gasteiger partial charge in [0.05, 0.1) is 5.52 Å². The Balaban J connectivity index is 2.29. The summed E-state index contributed by atoms with van der Waals surface area (Å²) in [4.78, 5) is 4.28. The summed E-state index contributed by atoms with van der Waals surface area (Å²) in [6.45, 7) is 3.16. The molecule has 2 aromatic carbocycles. The summed E-state index contributed by atoms with van der Waals surface area (Å²) in [6, 6.07) is 15.2. The molecule has 0 unspecified atom stereocenters. The fourth-order valence-corrected chi connectivity index (χ4v) is 2.97. The summed E-state index contributed by atoms with van der Waals surface area (Å²) in [6.07, 6.45) is 3.84. The molecule has 2 heterocycles. The number of nitrogens with zero attached hydrogens (tertiary/aromatic N) is 2. The molecule has 0 saturated carbocycles. The SMILES string of the molecule is CCn1c2ccncc2c2cc3ccccc3cc21. The second kappa shape index (κ2) is 3.82. The highest BCUT2D eigenvalue weighted by atomic mass is 15.0. The van der Waals surface area contributed by atoms with Crippen molar-refractivity contribution in [2.24, 2.45) is 0 Å². The molecule has 4 rings (SSSR count). The summed E-state index contributed by atoms with van der Waals surface area (Å²) in [5.41, 5.74) is 2.56. The Morgan fingerprint density at radius 1 is 0.947 bits per heavy atom. The van der Waals surface area contributed by atoms with Crippen molar-refractivity contribution < 1.29 is 0 Å². The molecule has 0 spiro atoms. The fraction of sp³-hybridized carbons (Fsp3) is 0.118. The topological polar surface area (TPSA) is 17.8 Å². The van der Waals surface area contributed by atoms with E-state index in [1.807, 2.05) is 12.4 Å². The molecule has 0 aliphatic rings. The van der Waals surface area contributed by atoms with E-state index in [1.54, 1.807) is 0 Å². The van der Waals surface area contributed by atoms with Crippen LogP contribution >= 0.6 is 0 Å². The highest BCUT2D eigenvalue weighted by Crippen LogP contribution is 2.31. The van der Waals surface area contributed by atoms with Crippen molar-refractivity contribution in [2.75, 3.05) is 0 Å². The van der Waals surface area contributed by atoms with E-state index in [0.29, 0.717) is 0 Å². The first-order chi connectivity index (χ1) is 9.38. The van der Waals surface area contributed by atoms with Crippen LogP contribution in [0.2, 0.25) is 0 Å². The molecule has 0 aliphatic carbocycles. The van der Waals surface area contributed by atoms with Crippen molar-refractivity contribution >= 4 is 32.6 Å². The second-order valence-electron chi connectivity index (χ2n) is 4.85. The second-order valence-corrected chi connectivity index (χ2v) is 4.85. The van der Waals surface area contributed by atoms with E-state index < -0.39 is 0 Å². The zero-order valence-electron chi connectivity index (χ0n) is 10.8. The first-order valence-electron chi connectivity index (χ1n) is 6.63. The number of fused-ring (bicyclic) bond motifs is 4. The zero-order valence-corrected chi connectivity index (χ0v) is 10.8. The van der Waals surface area contributed by atoms with Gasteiger partial charge in [0.15, 0.2) is 0 Å². The Kier molecular flexibility index (Phi) is 2.12. The quantitative estimate of drug-likeness (QED) is 0.488. The molecule has 0 fully saturated rings. The Morgan fingerprint density at radius 3 is 2.53 bits per heavy atom. The van der Waals surface area contributed by atoms with E-state index in [4.69, 9.17) is 0 Å². The third-order valence-electron chi connectivity index (χ3n) is 3.85. The minimum absolute atomic E-state index is 0.975. The van der Waals surface area contributed by atoms with Crippen LogP contribution in [-0.4, -0.2) is 9.55 Å². The first kappa shape index (κ1) is 10.6. The lowest BCUT2D eigenvalue weighted by atomic mass is 10.1.